The van der Waals surface area contributed by atoms with Crippen molar-refractivity contribution in [3.8, 4) is 17.4 Å². The van der Waals surface area contributed by atoms with Crippen LogP contribution in [0.25, 0.3) is 17.4 Å². The Hall–Kier alpha value is -2.92. The molecule has 118 valence electrons. The maximum Gasteiger partial charge on any atom is 0.349 e. The number of rotatable bonds is 5. The first-order chi connectivity index (χ1) is 11.0. The van der Waals surface area contributed by atoms with Crippen LogP contribution >= 0.6 is 0 Å². The van der Waals surface area contributed by atoms with Crippen molar-refractivity contribution >= 4 is 17.7 Å². The second kappa shape index (κ2) is 7.38. The predicted octanol–water partition coefficient (Wildman–Crippen LogP) is 1.82. The van der Waals surface area contributed by atoms with Crippen LogP contribution in [0.3, 0.4) is 0 Å². The van der Waals surface area contributed by atoms with E-state index in [4.69, 9.17) is 19.6 Å². The maximum atomic E-state index is 11.5. The van der Waals surface area contributed by atoms with Gasteiger partial charge in [-0.1, -0.05) is 0 Å². The number of carbonyl (C=O) groups is 1. The maximum absolute atomic E-state index is 11.5. The number of hydrogen-bond acceptors (Lipinski definition) is 6. The van der Waals surface area contributed by atoms with Gasteiger partial charge < -0.3 is 14.4 Å². The van der Waals surface area contributed by atoms with Crippen LogP contribution in [0.2, 0.25) is 0 Å². The first-order valence-corrected chi connectivity index (χ1v) is 6.77. The second-order valence-corrected chi connectivity index (χ2v) is 4.47. The summed E-state index contributed by atoms with van der Waals surface area (Å²) >= 11 is 0. The molecule has 2 rings (SSSR count). The zero-order valence-electron chi connectivity index (χ0n) is 12.3. The van der Waals surface area contributed by atoms with Gasteiger partial charge in [0.1, 0.15) is 23.2 Å². The van der Waals surface area contributed by atoms with E-state index in [2.05, 4.69) is 0 Å². The van der Waals surface area contributed by atoms with E-state index in [0.717, 1.165) is 0 Å². The molecule has 0 radical (unpaired) electrons. The Morgan fingerprint density at radius 3 is 2.65 bits per heavy atom. The van der Waals surface area contributed by atoms with E-state index >= 15 is 0 Å². The van der Waals surface area contributed by atoms with Gasteiger partial charge in [-0.15, -0.1) is 0 Å². The minimum atomic E-state index is -1.01. The molecular formula is C16H14N2O5. The molecule has 2 aromatic rings. The van der Waals surface area contributed by atoms with Gasteiger partial charge in [-0.2, -0.15) is 10.5 Å². The molecule has 1 atom stereocenters. The van der Waals surface area contributed by atoms with E-state index in [0.29, 0.717) is 17.1 Å². The number of nitriles is 1. The standard InChI is InChI=1S/C16H14N2O5/c1-2-22-16(19)12(10-17)9-14-7-8-15(23-14)11-3-5-13(6-4-11)18(20)21/h3-9,18,20H,2H2,1H3. The summed E-state index contributed by atoms with van der Waals surface area (Å²) in [4.78, 5) is 11.5. The fourth-order valence-corrected chi connectivity index (χ4v) is 1.85. The van der Waals surface area contributed by atoms with E-state index < -0.39 is 11.2 Å². The highest BCUT2D eigenvalue weighted by atomic mass is 16.8. The third-order valence-corrected chi connectivity index (χ3v) is 2.95. The summed E-state index contributed by atoms with van der Waals surface area (Å²) in [7, 11) is 0. The molecule has 0 aliphatic heterocycles. The van der Waals surface area contributed by atoms with Crippen LogP contribution in [0.5, 0.6) is 0 Å². The summed E-state index contributed by atoms with van der Waals surface area (Å²) in [6.45, 7) is 1.83. The monoisotopic (exact) mass is 314 g/mol. The number of nitrogens with one attached hydrogen (secondary N) is 1. The normalized spacial score (nSPS) is 12.5. The lowest BCUT2D eigenvalue weighted by atomic mass is 10.1. The van der Waals surface area contributed by atoms with E-state index in [1.54, 1.807) is 37.3 Å². The van der Waals surface area contributed by atoms with Crippen molar-refractivity contribution in [2.24, 2.45) is 0 Å². The summed E-state index contributed by atoms with van der Waals surface area (Å²) in [6.07, 6.45) is 1.30. The van der Waals surface area contributed by atoms with Gasteiger partial charge in [0.15, 0.2) is 5.69 Å². The zero-order valence-corrected chi connectivity index (χ0v) is 12.3. The van der Waals surface area contributed by atoms with E-state index in [9.17, 15) is 10.0 Å². The van der Waals surface area contributed by atoms with Gasteiger partial charge >= 0.3 is 5.97 Å². The number of hydrogen-bond donors (Lipinski definition) is 2. The Kier molecular flexibility index (Phi) is 5.28. The molecule has 2 N–H and O–H groups in total. The molecule has 7 nitrogen and oxygen atoms in total. The van der Waals surface area contributed by atoms with Crippen LogP contribution in [0.15, 0.2) is 46.4 Å². The number of carbonyl (C=O) groups excluding carboxylic acids is 1. The number of quaternary nitrogens is 1. The molecule has 7 heteroatoms. The Bertz CT molecular complexity index is 754. The smallest absolute Gasteiger partial charge is 0.349 e. The van der Waals surface area contributed by atoms with Crippen molar-refractivity contribution < 1.29 is 24.4 Å². The second-order valence-electron chi connectivity index (χ2n) is 4.47. The molecule has 0 saturated carbocycles. The first kappa shape index (κ1) is 16.5. The van der Waals surface area contributed by atoms with Gasteiger partial charge in [0.2, 0.25) is 0 Å². The summed E-state index contributed by atoms with van der Waals surface area (Å²) in [5.41, 5.74) is 0.702. The van der Waals surface area contributed by atoms with Crippen LogP contribution in [-0.2, 0) is 9.53 Å². The molecule has 0 aliphatic rings. The Balaban J connectivity index is 2.23. The SMILES string of the molecule is CCOC(=O)C(C#N)=Cc1ccc(-c2ccc([NH+]([O-])O)cc2)o1. The number of furan rings is 1. The Morgan fingerprint density at radius 1 is 1.39 bits per heavy atom. The van der Waals surface area contributed by atoms with Gasteiger partial charge in [0.05, 0.1) is 6.61 Å². The molecular weight excluding hydrogens is 300 g/mol. The van der Waals surface area contributed by atoms with Crippen molar-refractivity contribution in [2.75, 3.05) is 6.61 Å². The van der Waals surface area contributed by atoms with E-state index in [-0.39, 0.29) is 17.9 Å². The lowest BCUT2D eigenvalue weighted by Gasteiger charge is -2.11. The van der Waals surface area contributed by atoms with Crippen LogP contribution in [-0.4, -0.2) is 17.8 Å². The third-order valence-electron chi connectivity index (χ3n) is 2.95. The van der Waals surface area contributed by atoms with Crippen molar-refractivity contribution in [3.05, 3.63) is 52.9 Å². The van der Waals surface area contributed by atoms with Gasteiger partial charge in [-0.05, 0) is 31.2 Å². The van der Waals surface area contributed by atoms with Crippen molar-refractivity contribution in [3.63, 3.8) is 0 Å². The molecule has 1 unspecified atom stereocenters. The number of ether oxygens (including phenoxy) is 1. The highest BCUT2D eigenvalue weighted by molar-refractivity contribution is 5.97. The lowest BCUT2D eigenvalue weighted by molar-refractivity contribution is -0.991. The van der Waals surface area contributed by atoms with Crippen molar-refractivity contribution in [1.29, 1.82) is 5.26 Å². The van der Waals surface area contributed by atoms with Crippen LogP contribution in [0.1, 0.15) is 12.7 Å². The van der Waals surface area contributed by atoms with Gasteiger partial charge in [-0.3, -0.25) is 0 Å². The number of benzene rings is 1. The third kappa shape index (κ3) is 4.05. The molecule has 1 aromatic heterocycles. The van der Waals surface area contributed by atoms with Crippen LogP contribution < -0.4 is 5.23 Å². The molecule has 0 aliphatic carbocycles. The fourth-order valence-electron chi connectivity index (χ4n) is 1.85. The predicted molar refractivity (Wildman–Crippen MR) is 80.1 cm³/mol. The van der Waals surface area contributed by atoms with Gasteiger partial charge in [0.25, 0.3) is 0 Å². The highest BCUT2D eigenvalue weighted by Crippen LogP contribution is 2.24. The average Bonchev–Trinajstić information content (AvgIpc) is 3.01. The molecule has 0 bridgehead atoms. The molecule has 0 fully saturated rings. The topological polar surface area (TPSA) is 111 Å². The lowest BCUT2D eigenvalue weighted by Crippen LogP contribution is -2.99. The molecule has 0 amide bonds. The Morgan fingerprint density at radius 2 is 2.09 bits per heavy atom. The fraction of sp³-hybridized carbons (Fsp3) is 0.125. The largest absolute Gasteiger partial charge is 0.595 e. The van der Waals surface area contributed by atoms with E-state index in [1.165, 1.54) is 18.2 Å². The molecule has 1 heterocycles. The van der Waals surface area contributed by atoms with Gasteiger partial charge in [-0.25, -0.2) is 10.0 Å². The minimum absolute atomic E-state index is 0.158. The minimum Gasteiger partial charge on any atom is -0.595 e. The van der Waals surface area contributed by atoms with E-state index in [1.807, 2.05) is 0 Å². The quantitative estimate of drug-likeness (QED) is 0.377. The molecule has 23 heavy (non-hydrogen) atoms. The van der Waals surface area contributed by atoms with Crippen LogP contribution in [0.4, 0.5) is 5.69 Å². The Labute approximate surface area is 132 Å². The first-order valence-electron chi connectivity index (χ1n) is 6.77. The summed E-state index contributed by atoms with van der Waals surface area (Å²) < 4.78 is 10.3. The summed E-state index contributed by atoms with van der Waals surface area (Å²) in [6, 6.07) is 11.2. The number of nitrogens with zero attached hydrogens (tertiary/aromatic N) is 1. The molecule has 0 spiro atoms. The highest BCUT2D eigenvalue weighted by Gasteiger charge is 2.12. The summed E-state index contributed by atoms with van der Waals surface area (Å²) in [5.74, 6) is 0.111. The van der Waals surface area contributed by atoms with Gasteiger partial charge in [0, 0.05) is 23.8 Å². The van der Waals surface area contributed by atoms with Crippen LogP contribution in [0, 0.1) is 16.5 Å². The average molecular weight is 314 g/mol. The molecule has 0 saturated heterocycles. The summed E-state index contributed by atoms with van der Waals surface area (Å²) in [5, 5.41) is 27.7. The zero-order chi connectivity index (χ0) is 16.8. The number of esters is 1. The van der Waals surface area contributed by atoms with Crippen molar-refractivity contribution in [1.82, 2.24) is 0 Å². The van der Waals surface area contributed by atoms with Crippen molar-refractivity contribution in [2.45, 2.75) is 6.92 Å². The molecule has 1 aromatic carbocycles.